The Kier molecular flexibility index (Phi) is 15.2. The van der Waals surface area contributed by atoms with Gasteiger partial charge in [-0.3, -0.25) is 0 Å². The maximum atomic E-state index is 12.8. The smallest absolute Gasteiger partial charge is 0.364 e. The van der Waals surface area contributed by atoms with Gasteiger partial charge in [-0.2, -0.15) is 0 Å². The van der Waals surface area contributed by atoms with Crippen LogP contribution < -0.4 is 10.5 Å². The van der Waals surface area contributed by atoms with Crippen molar-refractivity contribution >= 4 is 5.97 Å². The van der Waals surface area contributed by atoms with Gasteiger partial charge in [0.15, 0.2) is 12.6 Å². The summed E-state index contributed by atoms with van der Waals surface area (Å²) in [6, 6.07) is 5.38. The van der Waals surface area contributed by atoms with E-state index in [4.69, 9.17) is 43.6 Å². The Morgan fingerprint density at radius 1 is 0.807 bits per heavy atom. The zero-order valence-corrected chi connectivity index (χ0v) is 31.3. The SMILES string of the molecule is Cc1ccc(OC2OC(CO)C(OC3OC(CO)C(O)C(OC4(C(=O)O)CC(O)C(N)C([C@H](O)[C@H](O)CO)O4)C3O)C(OC3OC(C)C(O)C(O)C3O)C2C)cc1. The lowest BCUT2D eigenvalue weighted by Crippen LogP contribution is -2.70. The van der Waals surface area contributed by atoms with E-state index in [9.17, 15) is 66.1 Å². The average molecular weight is 826 g/mol. The maximum Gasteiger partial charge on any atom is 0.364 e. The van der Waals surface area contributed by atoms with Gasteiger partial charge in [-0.1, -0.05) is 24.6 Å². The van der Waals surface area contributed by atoms with Crippen LogP contribution in [-0.4, -0.2) is 209 Å². The minimum Gasteiger partial charge on any atom is -0.477 e. The summed E-state index contributed by atoms with van der Waals surface area (Å²) < 4.78 is 47.2. The van der Waals surface area contributed by atoms with Gasteiger partial charge in [-0.25, -0.2) is 4.79 Å². The molecule has 57 heavy (non-hydrogen) atoms. The average Bonchev–Trinajstić information content (AvgIpc) is 3.19. The van der Waals surface area contributed by atoms with Gasteiger partial charge >= 0.3 is 5.97 Å². The Morgan fingerprint density at radius 3 is 2.00 bits per heavy atom. The summed E-state index contributed by atoms with van der Waals surface area (Å²) >= 11 is 0. The lowest BCUT2D eigenvalue weighted by atomic mass is 9.88. The normalized spacial score (nSPS) is 45.2. The summed E-state index contributed by atoms with van der Waals surface area (Å²) in [7, 11) is 0. The van der Waals surface area contributed by atoms with Crippen LogP contribution in [0.25, 0.3) is 0 Å². The number of aliphatic hydroxyl groups excluding tert-OH is 11. The molecular formula is C35H55NO21. The third kappa shape index (κ3) is 9.55. The van der Waals surface area contributed by atoms with Crippen molar-refractivity contribution in [1.82, 2.24) is 0 Å². The molecule has 19 unspecified atom stereocenters. The van der Waals surface area contributed by atoms with Gasteiger partial charge in [0.2, 0.25) is 6.29 Å². The summed E-state index contributed by atoms with van der Waals surface area (Å²) in [6.45, 7) is 2.13. The molecule has 326 valence electrons. The number of aryl methyl sites for hydroxylation is 1. The van der Waals surface area contributed by atoms with E-state index in [0.29, 0.717) is 5.75 Å². The van der Waals surface area contributed by atoms with Crippen molar-refractivity contribution in [2.45, 2.75) is 149 Å². The molecule has 0 bridgehead atoms. The Bertz CT molecular complexity index is 1450. The highest BCUT2D eigenvalue weighted by atomic mass is 16.8. The van der Waals surface area contributed by atoms with Crippen molar-refractivity contribution in [2.75, 3.05) is 19.8 Å². The monoisotopic (exact) mass is 825 g/mol. The molecule has 22 heteroatoms. The fraction of sp³-hybridized carbons (Fsp3) is 0.800. The third-order valence-corrected chi connectivity index (χ3v) is 10.8. The minimum atomic E-state index is -2.98. The quantitative estimate of drug-likeness (QED) is 0.0830. The Hall–Kier alpha value is -2.27. The predicted molar refractivity (Wildman–Crippen MR) is 184 cm³/mol. The van der Waals surface area contributed by atoms with Crippen molar-refractivity contribution in [3.8, 4) is 5.75 Å². The van der Waals surface area contributed by atoms with E-state index in [2.05, 4.69) is 0 Å². The van der Waals surface area contributed by atoms with Gasteiger partial charge in [0.25, 0.3) is 5.79 Å². The highest BCUT2D eigenvalue weighted by Gasteiger charge is 2.60. The van der Waals surface area contributed by atoms with Crippen LogP contribution in [0, 0.1) is 12.8 Å². The van der Waals surface area contributed by atoms with E-state index in [0.717, 1.165) is 5.56 Å². The van der Waals surface area contributed by atoms with Gasteiger partial charge in [-0.15, -0.1) is 0 Å². The second-order valence-electron chi connectivity index (χ2n) is 14.9. The molecule has 4 aliphatic heterocycles. The van der Waals surface area contributed by atoms with Crippen molar-refractivity contribution in [1.29, 1.82) is 0 Å². The van der Waals surface area contributed by atoms with E-state index >= 15 is 0 Å². The summed E-state index contributed by atoms with van der Waals surface area (Å²) in [5.74, 6) is -5.44. The molecule has 4 aliphatic rings. The van der Waals surface area contributed by atoms with Crippen LogP contribution in [-0.2, 0) is 38.0 Å². The molecule has 4 fully saturated rings. The number of aliphatic carboxylic acids is 1. The maximum absolute atomic E-state index is 12.8. The largest absolute Gasteiger partial charge is 0.477 e. The van der Waals surface area contributed by atoms with E-state index in [1.54, 1.807) is 31.2 Å². The number of ether oxygens (including phenoxy) is 8. The number of carboxylic acid groups (broad SMARTS) is 1. The van der Waals surface area contributed by atoms with Gasteiger partial charge in [0, 0.05) is 12.3 Å². The van der Waals surface area contributed by atoms with Gasteiger partial charge in [0.1, 0.15) is 79.0 Å². The zero-order chi connectivity index (χ0) is 42.1. The van der Waals surface area contributed by atoms with Crippen LogP contribution >= 0.6 is 0 Å². The standard InChI is InChI=1S/C35H55NO21/c1-12-4-6-15(7-5-12)51-31-13(2)27(54-32-25(46)24(45)21(42)14(3)50-32)28(19(11-39)53-31)55-33-26(47)30(23(44)18(10-38)52-33)57-35(34(48)49)8-16(40)20(36)29(56-35)22(43)17(41)9-37/h4-7,13-14,16-33,37-47H,8-11,36H2,1-3H3,(H,48,49)/t13?,14?,16?,17-,18?,19?,20?,21?,22-,23?,24?,25?,26?,27?,28?,29?,30?,31?,32?,33?,35?/m1/s1. The number of benzene rings is 1. The van der Waals surface area contributed by atoms with Crippen molar-refractivity contribution < 1.29 is 104 Å². The molecule has 1 aromatic rings. The summed E-state index contributed by atoms with van der Waals surface area (Å²) in [6.07, 6.45) is -31.5. The molecule has 4 saturated heterocycles. The highest BCUT2D eigenvalue weighted by Crippen LogP contribution is 2.40. The third-order valence-electron chi connectivity index (χ3n) is 10.8. The van der Waals surface area contributed by atoms with Gasteiger partial charge in [0.05, 0.1) is 44.2 Å². The first kappa shape index (κ1) is 45.8. The van der Waals surface area contributed by atoms with E-state index in [-0.39, 0.29) is 0 Å². The van der Waals surface area contributed by atoms with Crippen LogP contribution in [0.4, 0.5) is 0 Å². The zero-order valence-electron chi connectivity index (χ0n) is 31.3. The second kappa shape index (κ2) is 19.0. The lowest BCUT2D eigenvalue weighted by molar-refractivity contribution is -0.391. The van der Waals surface area contributed by atoms with Crippen molar-refractivity contribution in [3.63, 3.8) is 0 Å². The molecule has 0 saturated carbocycles. The van der Waals surface area contributed by atoms with Crippen LogP contribution in [0.1, 0.15) is 25.8 Å². The molecule has 0 aliphatic carbocycles. The molecule has 5 rings (SSSR count). The first-order valence-corrected chi connectivity index (χ1v) is 18.5. The molecule has 0 aromatic heterocycles. The number of carboxylic acids is 1. The van der Waals surface area contributed by atoms with Gasteiger partial charge < -0.3 is 105 Å². The summed E-state index contributed by atoms with van der Waals surface area (Å²) in [4.78, 5) is 12.8. The fourth-order valence-electron chi connectivity index (χ4n) is 7.26. The summed E-state index contributed by atoms with van der Waals surface area (Å²) in [5.41, 5.74) is 6.88. The first-order valence-electron chi connectivity index (χ1n) is 18.5. The Morgan fingerprint density at radius 2 is 1.40 bits per heavy atom. The van der Waals surface area contributed by atoms with E-state index < -0.39 is 160 Å². The van der Waals surface area contributed by atoms with Gasteiger partial charge in [-0.05, 0) is 26.0 Å². The van der Waals surface area contributed by atoms with Crippen molar-refractivity contribution in [2.24, 2.45) is 11.7 Å². The van der Waals surface area contributed by atoms with Crippen LogP contribution in [0.15, 0.2) is 24.3 Å². The molecular weight excluding hydrogens is 770 g/mol. The molecule has 0 amide bonds. The Labute approximate surface area is 326 Å². The Balaban J connectivity index is 1.46. The number of hydrogen-bond acceptors (Lipinski definition) is 21. The molecule has 0 spiro atoms. The van der Waals surface area contributed by atoms with Crippen LogP contribution in [0.5, 0.6) is 5.75 Å². The van der Waals surface area contributed by atoms with Crippen LogP contribution in [0.2, 0.25) is 0 Å². The molecule has 21 atom stereocenters. The van der Waals surface area contributed by atoms with E-state index in [1.165, 1.54) is 6.92 Å². The number of carbonyl (C=O) groups is 1. The fourth-order valence-corrected chi connectivity index (χ4v) is 7.26. The second-order valence-corrected chi connectivity index (χ2v) is 14.9. The number of hydrogen-bond donors (Lipinski definition) is 13. The topological polar surface area (TPSA) is 360 Å². The highest BCUT2D eigenvalue weighted by molar-refractivity contribution is 5.76. The van der Waals surface area contributed by atoms with Crippen molar-refractivity contribution in [3.05, 3.63) is 29.8 Å². The number of aliphatic hydroxyl groups is 11. The molecule has 22 nitrogen and oxygen atoms in total. The number of rotatable bonds is 14. The first-order chi connectivity index (χ1) is 26.9. The number of nitrogens with two attached hydrogens (primary N) is 1. The lowest BCUT2D eigenvalue weighted by Gasteiger charge is -2.51. The minimum absolute atomic E-state index is 0.364. The molecule has 0 radical (unpaired) electrons. The molecule has 4 heterocycles. The predicted octanol–water partition coefficient (Wildman–Crippen LogP) is -5.88. The summed E-state index contributed by atoms with van der Waals surface area (Å²) in [5, 5.41) is 126. The van der Waals surface area contributed by atoms with E-state index in [1.807, 2.05) is 6.92 Å². The molecule has 1 aromatic carbocycles. The molecule has 14 N–H and O–H groups in total. The van der Waals surface area contributed by atoms with Crippen LogP contribution in [0.3, 0.4) is 0 Å².